The molecule has 4 aromatic carbocycles. The van der Waals surface area contributed by atoms with Gasteiger partial charge in [-0.05, 0) is 65.7 Å². The third-order valence-electron chi connectivity index (χ3n) is 6.27. The molecule has 0 spiro atoms. The lowest BCUT2D eigenvalue weighted by Crippen LogP contribution is -2.20. The number of hydrogen-bond acceptors (Lipinski definition) is 6. The minimum absolute atomic E-state index is 0.203. The highest BCUT2D eigenvalue weighted by Crippen LogP contribution is 2.28. The van der Waals surface area contributed by atoms with Crippen molar-refractivity contribution in [1.82, 2.24) is 9.66 Å². The van der Waals surface area contributed by atoms with E-state index in [0.29, 0.717) is 38.6 Å². The summed E-state index contributed by atoms with van der Waals surface area (Å²) in [6.45, 7) is 0.214. The highest BCUT2D eigenvalue weighted by Gasteiger charge is 2.16. The zero-order chi connectivity index (χ0) is 27.6. The van der Waals surface area contributed by atoms with Gasteiger partial charge >= 0.3 is 5.97 Å². The van der Waals surface area contributed by atoms with Crippen LogP contribution in [-0.4, -0.2) is 27.0 Å². The van der Waals surface area contributed by atoms with Crippen LogP contribution >= 0.6 is 11.6 Å². The van der Waals surface area contributed by atoms with E-state index in [0.717, 1.165) is 10.9 Å². The highest BCUT2D eigenvalue weighted by molar-refractivity contribution is 6.32. The Morgan fingerprint density at radius 3 is 2.55 bits per heavy atom. The van der Waals surface area contributed by atoms with Crippen molar-refractivity contribution in [3.05, 3.63) is 129 Å². The van der Waals surface area contributed by atoms with Gasteiger partial charge in [0.1, 0.15) is 17.9 Å². The number of carboxylic acid groups (broad SMARTS) is 1. The maximum absolute atomic E-state index is 13.4. The van der Waals surface area contributed by atoms with E-state index in [1.165, 1.54) is 23.0 Å². The van der Waals surface area contributed by atoms with E-state index in [-0.39, 0.29) is 23.6 Å². The number of nitrogens with zero attached hydrogens (tertiary/aromatic N) is 3. The number of carboxylic acids is 1. The van der Waals surface area contributed by atoms with Gasteiger partial charge in [-0.25, -0.2) is 9.78 Å². The number of benzene rings is 4. The van der Waals surface area contributed by atoms with Crippen molar-refractivity contribution in [2.45, 2.75) is 6.61 Å². The first kappa shape index (κ1) is 25.1. The van der Waals surface area contributed by atoms with Crippen LogP contribution in [0.5, 0.6) is 5.75 Å². The number of ether oxygens (including phenoxy) is 1. The number of carbonyl (C=O) groups is 1. The molecule has 0 aliphatic heterocycles. The minimum Gasteiger partial charge on any atom is -0.487 e. The van der Waals surface area contributed by atoms with Crippen LogP contribution in [0.15, 0.2) is 111 Å². The molecule has 0 bridgehead atoms. The van der Waals surface area contributed by atoms with Gasteiger partial charge < -0.3 is 14.3 Å². The van der Waals surface area contributed by atoms with E-state index in [1.54, 1.807) is 48.5 Å². The first-order valence-electron chi connectivity index (χ1n) is 12.3. The summed E-state index contributed by atoms with van der Waals surface area (Å²) in [5.41, 5.74) is 2.52. The molecule has 0 amide bonds. The molecule has 0 saturated heterocycles. The molecular weight excluding hydrogens is 530 g/mol. The summed E-state index contributed by atoms with van der Waals surface area (Å²) in [5, 5.41) is 15.2. The van der Waals surface area contributed by atoms with Crippen molar-refractivity contribution in [3.8, 4) is 17.3 Å². The Kier molecular flexibility index (Phi) is 6.59. The van der Waals surface area contributed by atoms with E-state index in [1.807, 2.05) is 36.4 Å². The summed E-state index contributed by atoms with van der Waals surface area (Å²) in [6, 6.07) is 28.0. The smallest absolute Gasteiger partial charge is 0.335 e. The van der Waals surface area contributed by atoms with E-state index >= 15 is 0 Å². The molecule has 196 valence electrons. The zero-order valence-electron chi connectivity index (χ0n) is 20.8. The molecule has 2 aromatic heterocycles. The van der Waals surface area contributed by atoms with Crippen LogP contribution in [0.2, 0.25) is 5.02 Å². The Bertz CT molecular complexity index is 1940. The molecule has 2 heterocycles. The number of para-hydroxylation sites is 2. The second kappa shape index (κ2) is 10.5. The number of halogens is 1. The van der Waals surface area contributed by atoms with Crippen molar-refractivity contribution < 1.29 is 19.1 Å². The van der Waals surface area contributed by atoms with Gasteiger partial charge in [0.05, 0.1) is 27.7 Å². The predicted octanol–water partition coefficient (Wildman–Crippen LogP) is 6.62. The maximum Gasteiger partial charge on any atom is 0.335 e. The standard InChI is InChI=1S/C31H20ClN3O5/c32-24-15-20(11-14-27(24)39-18-19-9-12-21(13-10-19)31(37)38)17-33-35-29(28-16-22-5-1-4-8-26(22)40-28)34-25-7-3-2-6-23(25)30(35)36/h1-17H,18H2,(H,37,38). The molecule has 0 radical (unpaired) electrons. The van der Waals surface area contributed by atoms with Crippen LogP contribution in [0.3, 0.4) is 0 Å². The molecule has 0 unspecified atom stereocenters. The number of rotatable bonds is 7. The SMILES string of the molecule is O=C(O)c1ccc(COc2ccc(C=Nn3c(-c4cc5ccccc5o4)nc4ccccc4c3=O)cc2Cl)cc1. The Morgan fingerprint density at radius 1 is 1.00 bits per heavy atom. The van der Waals surface area contributed by atoms with Crippen LogP contribution in [0.4, 0.5) is 0 Å². The van der Waals surface area contributed by atoms with Crippen molar-refractivity contribution in [3.63, 3.8) is 0 Å². The van der Waals surface area contributed by atoms with E-state index in [4.69, 9.17) is 30.8 Å². The van der Waals surface area contributed by atoms with Crippen LogP contribution in [0, 0.1) is 0 Å². The average Bonchev–Trinajstić information content (AvgIpc) is 3.41. The minimum atomic E-state index is -0.987. The van der Waals surface area contributed by atoms with E-state index < -0.39 is 5.97 Å². The number of fused-ring (bicyclic) bond motifs is 2. The summed E-state index contributed by atoms with van der Waals surface area (Å²) in [4.78, 5) is 29.2. The molecule has 0 aliphatic rings. The summed E-state index contributed by atoms with van der Waals surface area (Å²) in [6.07, 6.45) is 1.52. The maximum atomic E-state index is 13.4. The molecule has 0 saturated carbocycles. The second-order valence-corrected chi connectivity index (χ2v) is 9.35. The highest BCUT2D eigenvalue weighted by atomic mass is 35.5. The lowest BCUT2D eigenvalue weighted by Gasteiger charge is -2.09. The summed E-state index contributed by atoms with van der Waals surface area (Å²) >= 11 is 6.47. The van der Waals surface area contributed by atoms with Gasteiger partial charge in [-0.3, -0.25) is 4.79 Å². The molecule has 9 heteroatoms. The third-order valence-corrected chi connectivity index (χ3v) is 6.57. The number of furan rings is 1. The Morgan fingerprint density at radius 2 is 1.77 bits per heavy atom. The molecule has 6 aromatic rings. The molecular formula is C31H20ClN3O5. The molecule has 6 rings (SSSR count). The Balaban J connectivity index is 1.30. The molecule has 8 nitrogen and oxygen atoms in total. The fourth-order valence-electron chi connectivity index (χ4n) is 4.23. The van der Waals surface area contributed by atoms with Gasteiger partial charge in [0.2, 0.25) is 5.82 Å². The van der Waals surface area contributed by atoms with Crippen LogP contribution < -0.4 is 10.3 Å². The first-order valence-corrected chi connectivity index (χ1v) is 12.6. The molecule has 1 N–H and O–H groups in total. The lowest BCUT2D eigenvalue weighted by atomic mass is 10.1. The fourth-order valence-corrected chi connectivity index (χ4v) is 4.47. The van der Waals surface area contributed by atoms with Crippen LogP contribution in [0.25, 0.3) is 33.5 Å². The van der Waals surface area contributed by atoms with Crippen LogP contribution in [0.1, 0.15) is 21.5 Å². The molecule has 0 aliphatic carbocycles. The lowest BCUT2D eigenvalue weighted by molar-refractivity contribution is 0.0697. The van der Waals surface area contributed by atoms with Gasteiger partial charge in [-0.1, -0.05) is 54.1 Å². The molecule has 0 atom stereocenters. The van der Waals surface area contributed by atoms with Crippen molar-refractivity contribution >= 4 is 45.7 Å². The van der Waals surface area contributed by atoms with Crippen molar-refractivity contribution in [2.24, 2.45) is 5.10 Å². The number of hydrogen-bond donors (Lipinski definition) is 1. The van der Waals surface area contributed by atoms with Gasteiger partial charge in [0, 0.05) is 5.39 Å². The second-order valence-electron chi connectivity index (χ2n) is 8.94. The van der Waals surface area contributed by atoms with Crippen LogP contribution in [-0.2, 0) is 6.61 Å². The predicted molar refractivity (Wildman–Crippen MR) is 153 cm³/mol. The fraction of sp³-hybridized carbons (Fsp3) is 0.0323. The topological polar surface area (TPSA) is 107 Å². The van der Waals surface area contributed by atoms with Crippen molar-refractivity contribution in [1.29, 1.82) is 0 Å². The Labute approximate surface area is 232 Å². The number of aromatic carboxylic acids is 1. The quantitative estimate of drug-likeness (QED) is 0.224. The Hall–Kier alpha value is -5.21. The summed E-state index contributed by atoms with van der Waals surface area (Å²) in [7, 11) is 0. The van der Waals surface area contributed by atoms with E-state index in [9.17, 15) is 9.59 Å². The third kappa shape index (κ3) is 4.95. The first-order chi connectivity index (χ1) is 19.5. The normalized spacial score (nSPS) is 11.4. The monoisotopic (exact) mass is 549 g/mol. The largest absolute Gasteiger partial charge is 0.487 e. The van der Waals surface area contributed by atoms with Gasteiger partial charge in [0.25, 0.3) is 5.56 Å². The van der Waals surface area contributed by atoms with Gasteiger partial charge in [0.15, 0.2) is 5.76 Å². The summed E-state index contributed by atoms with van der Waals surface area (Å²) in [5.74, 6) is 0.156. The average molecular weight is 550 g/mol. The van der Waals surface area contributed by atoms with Gasteiger partial charge in [-0.15, -0.1) is 0 Å². The summed E-state index contributed by atoms with van der Waals surface area (Å²) < 4.78 is 13.0. The zero-order valence-corrected chi connectivity index (χ0v) is 21.6. The van der Waals surface area contributed by atoms with Gasteiger partial charge in [-0.2, -0.15) is 9.78 Å². The molecule has 40 heavy (non-hydrogen) atoms. The molecule has 0 fully saturated rings. The number of aromatic nitrogens is 2. The van der Waals surface area contributed by atoms with E-state index in [2.05, 4.69) is 5.10 Å². The van der Waals surface area contributed by atoms with Crippen molar-refractivity contribution in [2.75, 3.05) is 0 Å².